The van der Waals surface area contributed by atoms with Crippen LogP contribution in [-0.4, -0.2) is 43.7 Å². The number of likely N-dealkylation sites (tertiary alicyclic amines) is 1. The van der Waals surface area contributed by atoms with Gasteiger partial charge in [-0.25, -0.2) is 4.79 Å². The van der Waals surface area contributed by atoms with Gasteiger partial charge in [0.05, 0.1) is 12.2 Å². The molecule has 2 rings (SSSR count). The number of ether oxygens (including phenoxy) is 1. The maximum Gasteiger partial charge on any atom is 0.338 e. The third kappa shape index (κ3) is 4.23. The van der Waals surface area contributed by atoms with Crippen LogP contribution in [0.25, 0.3) is 0 Å². The fourth-order valence-electron chi connectivity index (χ4n) is 2.37. The van der Waals surface area contributed by atoms with E-state index in [1.165, 1.54) is 0 Å². The monoisotopic (exact) mass is 276 g/mol. The van der Waals surface area contributed by atoms with E-state index in [1.807, 2.05) is 31.2 Å². The lowest BCUT2D eigenvalue weighted by Crippen LogP contribution is -2.36. The second-order valence-corrected chi connectivity index (χ2v) is 5.44. The lowest BCUT2D eigenvalue weighted by atomic mass is 10.1. The number of piperidine rings is 1. The molecule has 4 nitrogen and oxygen atoms in total. The van der Waals surface area contributed by atoms with Gasteiger partial charge in [0.25, 0.3) is 0 Å². The van der Waals surface area contributed by atoms with Gasteiger partial charge in [-0.2, -0.15) is 0 Å². The molecule has 1 fully saturated rings. The van der Waals surface area contributed by atoms with Gasteiger partial charge in [0.15, 0.2) is 0 Å². The predicted octanol–water partition coefficient (Wildman–Crippen LogP) is 2.76. The lowest BCUT2D eigenvalue weighted by Gasteiger charge is -2.30. The Hall–Kier alpha value is -1.55. The van der Waals surface area contributed by atoms with Gasteiger partial charge >= 0.3 is 5.97 Å². The second kappa shape index (κ2) is 7.29. The maximum atomic E-state index is 11.7. The summed E-state index contributed by atoms with van der Waals surface area (Å²) in [5.74, 6) is -0.238. The van der Waals surface area contributed by atoms with Crippen LogP contribution in [-0.2, 0) is 4.74 Å². The summed E-state index contributed by atoms with van der Waals surface area (Å²) in [5.41, 5.74) is 1.69. The van der Waals surface area contributed by atoms with E-state index in [-0.39, 0.29) is 5.97 Å². The van der Waals surface area contributed by atoms with Crippen LogP contribution in [0.1, 0.15) is 36.5 Å². The van der Waals surface area contributed by atoms with Crippen LogP contribution < -0.4 is 5.32 Å². The Morgan fingerprint density at radius 2 is 1.95 bits per heavy atom. The highest BCUT2D eigenvalue weighted by Crippen LogP contribution is 2.17. The number of hydrogen-bond donors (Lipinski definition) is 1. The van der Waals surface area contributed by atoms with E-state index in [1.54, 1.807) is 0 Å². The van der Waals surface area contributed by atoms with Crippen molar-refractivity contribution < 1.29 is 9.53 Å². The minimum absolute atomic E-state index is 0.238. The van der Waals surface area contributed by atoms with Gasteiger partial charge in [-0.1, -0.05) is 6.92 Å². The topological polar surface area (TPSA) is 41.6 Å². The zero-order valence-corrected chi connectivity index (χ0v) is 12.4. The largest absolute Gasteiger partial charge is 0.462 e. The SMILES string of the molecule is CCCOC(=O)c1ccc(NC2CCN(C)CC2)cc1. The summed E-state index contributed by atoms with van der Waals surface area (Å²) in [6.45, 7) is 4.74. The van der Waals surface area contributed by atoms with Crippen LogP contribution in [0, 0.1) is 0 Å². The van der Waals surface area contributed by atoms with Crippen molar-refractivity contribution in [3.8, 4) is 0 Å². The molecule has 0 spiro atoms. The van der Waals surface area contributed by atoms with Crippen LogP contribution in [0.15, 0.2) is 24.3 Å². The molecule has 0 unspecified atom stereocenters. The Labute approximate surface area is 121 Å². The molecule has 4 heteroatoms. The molecule has 0 radical (unpaired) electrons. The van der Waals surface area contributed by atoms with Crippen molar-refractivity contribution in [2.24, 2.45) is 0 Å². The van der Waals surface area contributed by atoms with Crippen molar-refractivity contribution in [2.45, 2.75) is 32.2 Å². The fourth-order valence-corrected chi connectivity index (χ4v) is 2.37. The first-order chi connectivity index (χ1) is 9.69. The number of carbonyl (C=O) groups excluding carboxylic acids is 1. The molecule has 1 aliphatic rings. The summed E-state index contributed by atoms with van der Waals surface area (Å²) < 4.78 is 5.11. The number of benzene rings is 1. The van der Waals surface area contributed by atoms with Crippen LogP contribution in [0.2, 0.25) is 0 Å². The summed E-state index contributed by atoms with van der Waals surface area (Å²) in [4.78, 5) is 14.0. The number of hydrogen-bond acceptors (Lipinski definition) is 4. The van der Waals surface area contributed by atoms with Crippen molar-refractivity contribution in [1.29, 1.82) is 0 Å². The standard InChI is InChI=1S/C16H24N2O2/c1-3-12-20-16(19)13-4-6-14(7-5-13)17-15-8-10-18(2)11-9-15/h4-7,15,17H,3,8-12H2,1-2H3. The lowest BCUT2D eigenvalue weighted by molar-refractivity contribution is 0.0505. The molecular formula is C16H24N2O2. The van der Waals surface area contributed by atoms with Crippen LogP contribution in [0.3, 0.4) is 0 Å². The number of esters is 1. The van der Waals surface area contributed by atoms with Gasteiger partial charge in [0.2, 0.25) is 0 Å². The first kappa shape index (κ1) is 14.9. The average Bonchev–Trinajstić information content (AvgIpc) is 2.48. The first-order valence-electron chi connectivity index (χ1n) is 7.41. The van der Waals surface area contributed by atoms with Gasteiger partial charge in [-0.05, 0) is 63.7 Å². The van der Waals surface area contributed by atoms with Crippen molar-refractivity contribution in [2.75, 3.05) is 32.1 Å². The molecule has 0 atom stereocenters. The normalized spacial score (nSPS) is 16.9. The second-order valence-electron chi connectivity index (χ2n) is 5.44. The number of nitrogens with one attached hydrogen (secondary N) is 1. The van der Waals surface area contributed by atoms with Crippen molar-refractivity contribution >= 4 is 11.7 Å². The van der Waals surface area contributed by atoms with Crippen LogP contribution in [0.5, 0.6) is 0 Å². The smallest absolute Gasteiger partial charge is 0.338 e. The van der Waals surface area contributed by atoms with Crippen molar-refractivity contribution in [3.05, 3.63) is 29.8 Å². The molecule has 0 bridgehead atoms. The Bertz CT molecular complexity index is 423. The highest BCUT2D eigenvalue weighted by Gasteiger charge is 2.16. The Morgan fingerprint density at radius 1 is 1.30 bits per heavy atom. The first-order valence-corrected chi connectivity index (χ1v) is 7.41. The quantitative estimate of drug-likeness (QED) is 0.840. The molecule has 0 aromatic heterocycles. The van der Waals surface area contributed by atoms with Gasteiger partial charge in [-0.15, -0.1) is 0 Å². The van der Waals surface area contributed by atoms with Gasteiger partial charge < -0.3 is 15.0 Å². The Morgan fingerprint density at radius 3 is 2.55 bits per heavy atom. The van der Waals surface area contributed by atoms with Gasteiger partial charge in [0.1, 0.15) is 0 Å². The molecule has 1 aromatic carbocycles. The van der Waals surface area contributed by atoms with Crippen molar-refractivity contribution in [1.82, 2.24) is 4.90 Å². The minimum Gasteiger partial charge on any atom is -0.462 e. The molecule has 0 aliphatic carbocycles. The predicted molar refractivity (Wildman–Crippen MR) is 81.2 cm³/mol. The van der Waals surface area contributed by atoms with E-state index >= 15 is 0 Å². The Kier molecular flexibility index (Phi) is 5.41. The molecule has 110 valence electrons. The summed E-state index contributed by atoms with van der Waals surface area (Å²) >= 11 is 0. The molecule has 1 N–H and O–H groups in total. The minimum atomic E-state index is -0.238. The molecular weight excluding hydrogens is 252 g/mol. The molecule has 0 amide bonds. The fraction of sp³-hybridized carbons (Fsp3) is 0.562. The molecule has 1 aromatic rings. The number of carbonyl (C=O) groups is 1. The Balaban J connectivity index is 1.86. The van der Waals surface area contributed by atoms with E-state index in [0.717, 1.165) is 38.0 Å². The summed E-state index contributed by atoms with van der Waals surface area (Å²) in [5, 5.41) is 3.53. The van der Waals surface area contributed by atoms with E-state index in [9.17, 15) is 4.79 Å². The van der Waals surface area contributed by atoms with E-state index in [4.69, 9.17) is 4.74 Å². The number of rotatable bonds is 5. The van der Waals surface area contributed by atoms with Gasteiger partial charge in [-0.3, -0.25) is 0 Å². The third-order valence-electron chi connectivity index (χ3n) is 3.65. The van der Waals surface area contributed by atoms with Crippen LogP contribution >= 0.6 is 0 Å². The summed E-state index contributed by atoms with van der Waals surface area (Å²) in [6.07, 6.45) is 3.18. The zero-order valence-electron chi connectivity index (χ0n) is 12.4. The van der Waals surface area contributed by atoms with Gasteiger partial charge in [0, 0.05) is 11.7 Å². The van der Waals surface area contributed by atoms with E-state index in [2.05, 4.69) is 17.3 Å². The molecule has 1 aliphatic heterocycles. The zero-order chi connectivity index (χ0) is 14.4. The number of anilines is 1. The highest BCUT2D eigenvalue weighted by molar-refractivity contribution is 5.89. The summed E-state index contributed by atoms with van der Waals surface area (Å²) in [7, 11) is 2.16. The number of nitrogens with zero attached hydrogens (tertiary/aromatic N) is 1. The average molecular weight is 276 g/mol. The third-order valence-corrected chi connectivity index (χ3v) is 3.65. The van der Waals surface area contributed by atoms with E-state index < -0.39 is 0 Å². The molecule has 1 heterocycles. The van der Waals surface area contributed by atoms with Crippen LogP contribution in [0.4, 0.5) is 5.69 Å². The van der Waals surface area contributed by atoms with Crippen molar-refractivity contribution in [3.63, 3.8) is 0 Å². The van der Waals surface area contributed by atoms with E-state index in [0.29, 0.717) is 18.2 Å². The highest BCUT2D eigenvalue weighted by atomic mass is 16.5. The molecule has 20 heavy (non-hydrogen) atoms. The summed E-state index contributed by atoms with van der Waals surface area (Å²) in [6, 6.07) is 8.11. The maximum absolute atomic E-state index is 11.7. The molecule has 1 saturated heterocycles. The molecule has 0 saturated carbocycles.